The zero-order valence-electron chi connectivity index (χ0n) is 9.04. The van der Waals surface area contributed by atoms with Crippen molar-refractivity contribution in [2.75, 3.05) is 17.6 Å². The summed E-state index contributed by atoms with van der Waals surface area (Å²) in [6.45, 7) is 0.536. The van der Waals surface area contributed by atoms with E-state index in [0.29, 0.717) is 25.3 Å². The molecule has 1 aliphatic carbocycles. The standard InChI is InChI=1S/C9H13N5O3/c10-9-12-4-7(14(16)17)8(13-9)11-3-5-1-6(15)2-5/h4-6,15H,1-3H2,(H3,10,11,12,13). The Bertz CT molecular complexity index is 433. The van der Waals surface area contributed by atoms with Crippen molar-refractivity contribution >= 4 is 17.5 Å². The van der Waals surface area contributed by atoms with E-state index in [1.165, 1.54) is 0 Å². The van der Waals surface area contributed by atoms with Gasteiger partial charge in [0.15, 0.2) is 0 Å². The highest BCUT2D eigenvalue weighted by Gasteiger charge is 2.27. The average molecular weight is 239 g/mol. The van der Waals surface area contributed by atoms with Gasteiger partial charge >= 0.3 is 5.69 Å². The summed E-state index contributed by atoms with van der Waals surface area (Å²) in [5.41, 5.74) is 5.18. The van der Waals surface area contributed by atoms with Crippen molar-refractivity contribution in [1.29, 1.82) is 0 Å². The largest absolute Gasteiger partial charge is 0.393 e. The summed E-state index contributed by atoms with van der Waals surface area (Å²) >= 11 is 0. The minimum Gasteiger partial charge on any atom is -0.393 e. The number of nitrogens with one attached hydrogen (secondary N) is 1. The molecule has 92 valence electrons. The van der Waals surface area contributed by atoms with Crippen molar-refractivity contribution in [2.24, 2.45) is 5.92 Å². The first-order valence-electron chi connectivity index (χ1n) is 5.25. The highest BCUT2D eigenvalue weighted by atomic mass is 16.6. The predicted molar refractivity (Wildman–Crippen MR) is 60.3 cm³/mol. The predicted octanol–water partition coefficient (Wildman–Crippen LogP) is 0.150. The third-order valence-electron chi connectivity index (χ3n) is 2.75. The molecule has 0 spiro atoms. The third-order valence-corrected chi connectivity index (χ3v) is 2.75. The summed E-state index contributed by atoms with van der Waals surface area (Å²) in [4.78, 5) is 17.5. The lowest BCUT2D eigenvalue weighted by atomic mass is 9.82. The third kappa shape index (κ3) is 2.59. The highest BCUT2D eigenvalue weighted by molar-refractivity contribution is 5.56. The van der Waals surface area contributed by atoms with Crippen LogP contribution in [0.2, 0.25) is 0 Å². The van der Waals surface area contributed by atoms with E-state index in [1.54, 1.807) is 0 Å². The monoisotopic (exact) mass is 239 g/mol. The summed E-state index contributed by atoms with van der Waals surface area (Å²) in [5, 5.41) is 22.7. The molecule has 1 fully saturated rings. The van der Waals surface area contributed by atoms with Crippen LogP contribution >= 0.6 is 0 Å². The van der Waals surface area contributed by atoms with E-state index in [2.05, 4.69) is 15.3 Å². The highest BCUT2D eigenvalue weighted by Crippen LogP contribution is 2.28. The molecule has 0 aliphatic heterocycles. The lowest BCUT2D eigenvalue weighted by molar-refractivity contribution is -0.384. The van der Waals surface area contributed by atoms with Crippen LogP contribution in [0.1, 0.15) is 12.8 Å². The lowest BCUT2D eigenvalue weighted by Crippen LogP contribution is -2.33. The van der Waals surface area contributed by atoms with E-state index >= 15 is 0 Å². The molecule has 1 heterocycles. The Morgan fingerprint density at radius 1 is 1.65 bits per heavy atom. The van der Waals surface area contributed by atoms with Crippen molar-refractivity contribution in [2.45, 2.75) is 18.9 Å². The number of nitrogen functional groups attached to an aromatic ring is 1. The number of aromatic nitrogens is 2. The van der Waals surface area contributed by atoms with Gasteiger partial charge in [-0.2, -0.15) is 4.98 Å². The van der Waals surface area contributed by atoms with E-state index in [1.807, 2.05) is 0 Å². The maximum absolute atomic E-state index is 10.7. The Balaban J connectivity index is 2.03. The minimum atomic E-state index is -0.558. The molecule has 1 aromatic heterocycles. The molecule has 4 N–H and O–H groups in total. The fourth-order valence-corrected chi connectivity index (χ4v) is 1.76. The van der Waals surface area contributed by atoms with Gasteiger partial charge in [-0.1, -0.05) is 0 Å². The molecule has 0 bridgehead atoms. The van der Waals surface area contributed by atoms with Gasteiger partial charge in [0.1, 0.15) is 6.20 Å². The summed E-state index contributed by atoms with van der Waals surface area (Å²) in [6.07, 6.45) is 2.26. The van der Waals surface area contributed by atoms with Gasteiger partial charge in [-0.25, -0.2) is 4.98 Å². The Labute approximate surface area is 97.0 Å². The molecular formula is C9H13N5O3. The maximum Gasteiger partial charge on any atom is 0.329 e. The number of aliphatic hydroxyl groups excluding tert-OH is 1. The molecule has 2 rings (SSSR count). The molecule has 0 radical (unpaired) electrons. The second kappa shape index (κ2) is 4.50. The van der Waals surface area contributed by atoms with E-state index in [4.69, 9.17) is 10.8 Å². The van der Waals surface area contributed by atoms with Crippen LogP contribution in [0.3, 0.4) is 0 Å². The lowest BCUT2D eigenvalue weighted by Gasteiger charge is -2.31. The number of aliphatic hydroxyl groups is 1. The van der Waals surface area contributed by atoms with Gasteiger partial charge in [-0.15, -0.1) is 0 Å². The molecule has 1 saturated carbocycles. The molecule has 0 atom stereocenters. The van der Waals surface area contributed by atoms with Crippen molar-refractivity contribution < 1.29 is 10.0 Å². The summed E-state index contributed by atoms with van der Waals surface area (Å²) < 4.78 is 0. The van der Waals surface area contributed by atoms with Crippen LogP contribution in [0.15, 0.2) is 6.20 Å². The van der Waals surface area contributed by atoms with Gasteiger partial charge in [0, 0.05) is 6.54 Å². The Morgan fingerprint density at radius 2 is 2.35 bits per heavy atom. The second-order valence-corrected chi connectivity index (χ2v) is 4.09. The van der Waals surface area contributed by atoms with Crippen LogP contribution in [0, 0.1) is 16.0 Å². The van der Waals surface area contributed by atoms with Gasteiger partial charge in [-0.05, 0) is 18.8 Å². The van der Waals surface area contributed by atoms with Crippen molar-refractivity contribution in [3.05, 3.63) is 16.3 Å². The number of nitrogens with zero attached hydrogens (tertiary/aromatic N) is 3. The van der Waals surface area contributed by atoms with Crippen LogP contribution in [-0.2, 0) is 0 Å². The van der Waals surface area contributed by atoms with E-state index < -0.39 is 4.92 Å². The molecule has 0 amide bonds. The molecular weight excluding hydrogens is 226 g/mol. The van der Waals surface area contributed by atoms with E-state index in [9.17, 15) is 10.1 Å². The van der Waals surface area contributed by atoms with Gasteiger partial charge in [0.25, 0.3) is 0 Å². The van der Waals surface area contributed by atoms with Crippen molar-refractivity contribution in [3.8, 4) is 0 Å². The van der Waals surface area contributed by atoms with Gasteiger partial charge in [-0.3, -0.25) is 10.1 Å². The van der Waals surface area contributed by atoms with Gasteiger partial charge in [0.05, 0.1) is 11.0 Å². The van der Waals surface area contributed by atoms with E-state index in [0.717, 1.165) is 6.20 Å². The molecule has 0 unspecified atom stereocenters. The van der Waals surface area contributed by atoms with E-state index in [-0.39, 0.29) is 23.6 Å². The normalized spacial score (nSPS) is 22.9. The number of nitrogens with two attached hydrogens (primary N) is 1. The quantitative estimate of drug-likeness (QED) is 0.504. The Morgan fingerprint density at radius 3 is 2.94 bits per heavy atom. The first-order chi connectivity index (χ1) is 8.06. The molecule has 1 aromatic rings. The number of nitro groups is 1. The summed E-state index contributed by atoms with van der Waals surface area (Å²) in [7, 11) is 0. The first-order valence-corrected chi connectivity index (χ1v) is 5.25. The SMILES string of the molecule is Nc1ncc([N+](=O)[O-])c(NCC2CC(O)C2)n1. The topological polar surface area (TPSA) is 127 Å². The molecule has 1 aliphatic rings. The molecule has 0 saturated heterocycles. The van der Waals surface area contributed by atoms with Crippen LogP contribution in [0.25, 0.3) is 0 Å². The van der Waals surface area contributed by atoms with Crippen molar-refractivity contribution in [1.82, 2.24) is 9.97 Å². The van der Waals surface area contributed by atoms with Crippen LogP contribution in [0.4, 0.5) is 17.5 Å². The smallest absolute Gasteiger partial charge is 0.329 e. The van der Waals surface area contributed by atoms with Gasteiger partial charge in [0.2, 0.25) is 11.8 Å². The molecule has 0 aromatic carbocycles. The first kappa shape index (κ1) is 11.5. The summed E-state index contributed by atoms with van der Waals surface area (Å²) in [5.74, 6) is 0.441. The molecule has 17 heavy (non-hydrogen) atoms. The summed E-state index contributed by atoms with van der Waals surface area (Å²) in [6, 6.07) is 0. The number of hydrogen-bond acceptors (Lipinski definition) is 7. The maximum atomic E-state index is 10.7. The Hall–Kier alpha value is -1.96. The van der Waals surface area contributed by atoms with Gasteiger partial charge < -0.3 is 16.2 Å². The van der Waals surface area contributed by atoms with Crippen LogP contribution in [-0.4, -0.2) is 32.6 Å². The molecule has 8 nitrogen and oxygen atoms in total. The Kier molecular flexibility index (Phi) is 3.05. The average Bonchev–Trinajstić information content (AvgIpc) is 2.22. The van der Waals surface area contributed by atoms with Crippen molar-refractivity contribution in [3.63, 3.8) is 0 Å². The fourth-order valence-electron chi connectivity index (χ4n) is 1.76. The van der Waals surface area contributed by atoms with Crippen LogP contribution < -0.4 is 11.1 Å². The minimum absolute atomic E-state index is 0.00764. The number of anilines is 2. The second-order valence-electron chi connectivity index (χ2n) is 4.09. The number of rotatable bonds is 4. The number of hydrogen-bond donors (Lipinski definition) is 3. The van der Waals surface area contributed by atoms with Crippen LogP contribution in [0.5, 0.6) is 0 Å². The zero-order chi connectivity index (χ0) is 12.4. The molecule has 8 heteroatoms. The zero-order valence-corrected chi connectivity index (χ0v) is 9.04. The fraction of sp³-hybridized carbons (Fsp3) is 0.556.